The number of thiazole rings is 2. The van der Waals surface area contributed by atoms with E-state index >= 15 is 0 Å². The van der Waals surface area contributed by atoms with Crippen LogP contribution < -0.4 is 0 Å². The fourth-order valence-corrected chi connectivity index (χ4v) is 3.45. The Morgan fingerprint density at radius 3 is 2.75 bits per heavy atom. The molecule has 4 rings (SSSR count). The van der Waals surface area contributed by atoms with Crippen LogP contribution >= 0.6 is 22.7 Å². The summed E-state index contributed by atoms with van der Waals surface area (Å²) in [6.45, 7) is 0. The zero-order valence-corrected chi connectivity index (χ0v) is 12.0. The van der Waals surface area contributed by atoms with E-state index in [-0.39, 0.29) is 0 Å². The molecule has 0 radical (unpaired) electrons. The van der Waals surface area contributed by atoms with Crippen LogP contribution in [0, 0.1) is 0 Å². The van der Waals surface area contributed by atoms with Crippen molar-refractivity contribution in [2.24, 2.45) is 0 Å². The number of aromatic amines is 1. The Kier molecular flexibility index (Phi) is 2.82. The van der Waals surface area contributed by atoms with Crippen molar-refractivity contribution in [3.05, 3.63) is 52.1 Å². The minimum absolute atomic E-state index is 0.787. The maximum atomic E-state index is 4.36. The molecule has 0 aliphatic carbocycles. The van der Waals surface area contributed by atoms with Crippen LogP contribution in [0.3, 0.4) is 0 Å². The van der Waals surface area contributed by atoms with Gasteiger partial charge in [-0.2, -0.15) is 5.10 Å². The standard InChI is InChI=1S/C14H10N4S2/c1-2-11-10(7-9(1)14-16-4-6-20-14)12(18-17-11)8-13-15-3-5-19-13/h1-7H,8H2,(H,17,18). The van der Waals surface area contributed by atoms with Gasteiger partial charge in [-0.05, 0) is 18.2 Å². The molecular formula is C14H10N4S2. The number of aromatic nitrogens is 4. The van der Waals surface area contributed by atoms with Crippen LogP contribution in [0.1, 0.15) is 10.7 Å². The molecule has 0 fully saturated rings. The van der Waals surface area contributed by atoms with E-state index in [4.69, 9.17) is 0 Å². The van der Waals surface area contributed by atoms with Gasteiger partial charge >= 0.3 is 0 Å². The molecule has 0 saturated carbocycles. The molecule has 0 unspecified atom stereocenters. The van der Waals surface area contributed by atoms with Gasteiger partial charge in [0.2, 0.25) is 0 Å². The summed E-state index contributed by atoms with van der Waals surface area (Å²) in [6.07, 6.45) is 4.45. The Morgan fingerprint density at radius 2 is 1.95 bits per heavy atom. The molecule has 0 bridgehead atoms. The smallest absolute Gasteiger partial charge is 0.123 e. The van der Waals surface area contributed by atoms with Gasteiger partial charge in [-0.15, -0.1) is 22.7 Å². The van der Waals surface area contributed by atoms with Crippen LogP contribution in [0.2, 0.25) is 0 Å². The van der Waals surface area contributed by atoms with E-state index in [9.17, 15) is 0 Å². The largest absolute Gasteiger partial charge is 0.281 e. The minimum atomic E-state index is 0.787. The number of rotatable bonds is 3. The second-order valence-corrected chi connectivity index (χ2v) is 6.25. The normalized spacial score (nSPS) is 11.2. The number of hydrogen-bond acceptors (Lipinski definition) is 5. The molecule has 0 atom stereocenters. The van der Waals surface area contributed by atoms with Crippen LogP contribution in [0.25, 0.3) is 21.5 Å². The van der Waals surface area contributed by atoms with E-state index in [2.05, 4.69) is 32.3 Å². The Balaban J connectivity index is 1.80. The molecule has 0 spiro atoms. The van der Waals surface area contributed by atoms with Gasteiger partial charge in [0.05, 0.1) is 10.5 Å². The molecular weight excluding hydrogens is 288 g/mol. The molecule has 4 nitrogen and oxygen atoms in total. The van der Waals surface area contributed by atoms with Crippen LogP contribution in [0.5, 0.6) is 0 Å². The summed E-state index contributed by atoms with van der Waals surface area (Å²) in [5, 5.41) is 14.7. The lowest BCUT2D eigenvalue weighted by Gasteiger charge is -1.98. The third kappa shape index (κ3) is 2.03. The van der Waals surface area contributed by atoms with Crippen molar-refractivity contribution in [3.63, 3.8) is 0 Å². The van der Waals surface area contributed by atoms with E-state index < -0.39 is 0 Å². The maximum Gasteiger partial charge on any atom is 0.123 e. The van der Waals surface area contributed by atoms with E-state index in [1.165, 1.54) is 0 Å². The summed E-state index contributed by atoms with van der Waals surface area (Å²) in [5.41, 5.74) is 3.22. The number of nitrogens with zero attached hydrogens (tertiary/aromatic N) is 3. The summed E-state index contributed by atoms with van der Waals surface area (Å²) < 4.78 is 0. The van der Waals surface area contributed by atoms with Crippen molar-refractivity contribution in [1.29, 1.82) is 0 Å². The fourth-order valence-electron chi connectivity index (χ4n) is 2.19. The Hall–Kier alpha value is -2.05. The third-order valence-corrected chi connectivity index (χ3v) is 4.73. The molecule has 0 aliphatic rings. The molecule has 4 aromatic rings. The minimum Gasteiger partial charge on any atom is -0.281 e. The van der Waals surface area contributed by atoms with E-state index in [1.54, 1.807) is 22.7 Å². The van der Waals surface area contributed by atoms with Crippen molar-refractivity contribution in [2.45, 2.75) is 6.42 Å². The molecule has 1 N–H and O–H groups in total. The Morgan fingerprint density at radius 1 is 1.05 bits per heavy atom. The summed E-state index contributed by atoms with van der Waals surface area (Å²) >= 11 is 3.31. The van der Waals surface area contributed by atoms with Crippen molar-refractivity contribution in [2.75, 3.05) is 0 Å². The maximum absolute atomic E-state index is 4.36. The predicted molar refractivity (Wildman–Crippen MR) is 82.1 cm³/mol. The molecule has 6 heteroatoms. The van der Waals surface area contributed by atoms with Crippen molar-refractivity contribution in [3.8, 4) is 10.6 Å². The highest BCUT2D eigenvalue weighted by Crippen LogP contribution is 2.27. The van der Waals surface area contributed by atoms with E-state index in [0.717, 1.165) is 38.6 Å². The summed E-state index contributed by atoms with van der Waals surface area (Å²) in [7, 11) is 0. The Bertz CT molecular complexity index is 831. The van der Waals surface area contributed by atoms with Gasteiger partial charge in [-0.25, -0.2) is 9.97 Å². The number of fused-ring (bicyclic) bond motifs is 1. The quantitative estimate of drug-likeness (QED) is 0.627. The first kappa shape index (κ1) is 11.7. The van der Waals surface area contributed by atoms with Gasteiger partial charge < -0.3 is 0 Å². The van der Waals surface area contributed by atoms with Gasteiger partial charge in [-0.1, -0.05) is 0 Å². The SMILES string of the molecule is c1csc(Cc2[nH]nc3ccc(-c4nccs4)cc23)n1. The lowest BCUT2D eigenvalue weighted by molar-refractivity contribution is 1.00. The average molecular weight is 298 g/mol. The molecule has 1 aromatic carbocycles. The lowest BCUT2D eigenvalue weighted by Crippen LogP contribution is -1.88. The van der Waals surface area contributed by atoms with Gasteiger partial charge in [0, 0.05) is 46.2 Å². The average Bonchev–Trinajstić information content (AvgIpc) is 3.20. The molecule has 3 heterocycles. The summed E-state index contributed by atoms with van der Waals surface area (Å²) in [6, 6.07) is 6.25. The molecule has 0 saturated heterocycles. The topological polar surface area (TPSA) is 54.5 Å². The van der Waals surface area contributed by atoms with Crippen LogP contribution in [-0.4, -0.2) is 20.2 Å². The van der Waals surface area contributed by atoms with Crippen LogP contribution in [0.15, 0.2) is 41.4 Å². The van der Waals surface area contributed by atoms with Gasteiger partial charge in [0.1, 0.15) is 5.01 Å². The first-order valence-corrected chi connectivity index (χ1v) is 7.91. The first-order valence-electron chi connectivity index (χ1n) is 6.15. The number of hydrogen-bond donors (Lipinski definition) is 1. The fraction of sp³-hybridized carbons (Fsp3) is 0.0714. The third-order valence-electron chi connectivity index (χ3n) is 3.12. The van der Waals surface area contributed by atoms with Crippen molar-refractivity contribution < 1.29 is 0 Å². The van der Waals surface area contributed by atoms with E-state index in [1.807, 2.05) is 29.2 Å². The van der Waals surface area contributed by atoms with E-state index in [0.29, 0.717) is 0 Å². The summed E-state index contributed by atoms with van der Waals surface area (Å²) in [4.78, 5) is 8.69. The number of H-pyrrole nitrogens is 1. The molecule has 20 heavy (non-hydrogen) atoms. The summed E-state index contributed by atoms with van der Waals surface area (Å²) in [5.74, 6) is 0. The highest BCUT2D eigenvalue weighted by atomic mass is 32.1. The number of benzene rings is 1. The van der Waals surface area contributed by atoms with Crippen LogP contribution in [-0.2, 0) is 6.42 Å². The number of nitrogens with one attached hydrogen (secondary N) is 1. The highest BCUT2D eigenvalue weighted by Gasteiger charge is 2.10. The van der Waals surface area contributed by atoms with Crippen LogP contribution in [0.4, 0.5) is 0 Å². The second kappa shape index (κ2) is 4.81. The predicted octanol–water partition coefficient (Wildman–Crippen LogP) is 3.73. The molecule has 3 aromatic heterocycles. The molecule has 0 aliphatic heterocycles. The zero-order chi connectivity index (χ0) is 13.4. The highest BCUT2D eigenvalue weighted by molar-refractivity contribution is 7.13. The Labute approximate surface area is 123 Å². The monoisotopic (exact) mass is 298 g/mol. The lowest BCUT2D eigenvalue weighted by atomic mass is 10.1. The van der Waals surface area contributed by atoms with Gasteiger partial charge in [0.15, 0.2) is 0 Å². The van der Waals surface area contributed by atoms with Gasteiger partial charge in [-0.3, -0.25) is 5.10 Å². The van der Waals surface area contributed by atoms with Crippen molar-refractivity contribution >= 4 is 33.6 Å². The van der Waals surface area contributed by atoms with Crippen molar-refractivity contribution in [1.82, 2.24) is 20.2 Å². The molecule has 98 valence electrons. The second-order valence-electron chi connectivity index (χ2n) is 4.37. The first-order chi connectivity index (χ1) is 9.90. The zero-order valence-electron chi connectivity index (χ0n) is 10.4. The molecule has 0 amide bonds. The van der Waals surface area contributed by atoms with Gasteiger partial charge in [0.25, 0.3) is 0 Å².